The van der Waals surface area contributed by atoms with Crippen LogP contribution >= 0.6 is 0 Å². The molecule has 3 nitrogen and oxygen atoms in total. The molecular formula is C18H16FNO2. The number of nitrogens with zero attached hydrogens (tertiary/aromatic N) is 1. The molecule has 0 atom stereocenters. The van der Waals surface area contributed by atoms with Crippen molar-refractivity contribution in [1.29, 1.82) is 0 Å². The van der Waals surface area contributed by atoms with Crippen LogP contribution in [0.1, 0.15) is 28.4 Å². The SMILES string of the molecule is CC(=O)N1CCc2cc(C(=O)Cc3ccccc3F)ccc21. The maximum atomic E-state index is 13.6. The van der Waals surface area contributed by atoms with Crippen LogP contribution in [0, 0.1) is 5.82 Å². The van der Waals surface area contributed by atoms with Crippen LogP contribution in [0.2, 0.25) is 0 Å². The van der Waals surface area contributed by atoms with Crippen LogP contribution in [0.15, 0.2) is 42.5 Å². The van der Waals surface area contributed by atoms with Gasteiger partial charge in [0.15, 0.2) is 5.78 Å². The summed E-state index contributed by atoms with van der Waals surface area (Å²) in [5.74, 6) is -0.474. The molecule has 4 heteroatoms. The highest BCUT2D eigenvalue weighted by Gasteiger charge is 2.23. The third kappa shape index (κ3) is 2.64. The van der Waals surface area contributed by atoms with Crippen LogP contribution < -0.4 is 4.90 Å². The van der Waals surface area contributed by atoms with Crippen molar-refractivity contribution >= 4 is 17.4 Å². The lowest BCUT2D eigenvalue weighted by Gasteiger charge is -2.14. The number of benzene rings is 2. The first-order chi connectivity index (χ1) is 10.6. The number of anilines is 1. The van der Waals surface area contributed by atoms with Crippen LogP contribution in [0.5, 0.6) is 0 Å². The van der Waals surface area contributed by atoms with Crippen LogP contribution in [0.3, 0.4) is 0 Å². The predicted octanol–water partition coefficient (Wildman–Crippen LogP) is 3.16. The van der Waals surface area contributed by atoms with Gasteiger partial charge in [-0.15, -0.1) is 0 Å². The quantitative estimate of drug-likeness (QED) is 0.816. The molecule has 1 aliphatic rings. The summed E-state index contributed by atoms with van der Waals surface area (Å²) in [4.78, 5) is 25.6. The van der Waals surface area contributed by atoms with Crippen LogP contribution in [0.4, 0.5) is 10.1 Å². The Labute approximate surface area is 128 Å². The van der Waals surface area contributed by atoms with E-state index in [1.165, 1.54) is 13.0 Å². The summed E-state index contributed by atoms with van der Waals surface area (Å²) in [5.41, 5.74) is 2.83. The van der Waals surface area contributed by atoms with E-state index in [4.69, 9.17) is 0 Å². The summed E-state index contributed by atoms with van der Waals surface area (Å²) in [6.45, 7) is 2.18. The molecule has 0 aromatic heterocycles. The van der Waals surface area contributed by atoms with Gasteiger partial charge >= 0.3 is 0 Å². The van der Waals surface area contributed by atoms with Crippen molar-refractivity contribution in [3.8, 4) is 0 Å². The van der Waals surface area contributed by atoms with E-state index >= 15 is 0 Å². The molecule has 0 bridgehead atoms. The second-order valence-corrected chi connectivity index (χ2v) is 5.46. The molecule has 0 radical (unpaired) electrons. The van der Waals surface area contributed by atoms with E-state index in [2.05, 4.69) is 0 Å². The van der Waals surface area contributed by atoms with Crippen molar-refractivity contribution in [1.82, 2.24) is 0 Å². The second-order valence-electron chi connectivity index (χ2n) is 5.46. The van der Waals surface area contributed by atoms with Crippen LogP contribution in [-0.2, 0) is 17.6 Å². The molecule has 3 rings (SSSR count). The Hall–Kier alpha value is -2.49. The molecule has 22 heavy (non-hydrogen) atoms. The highest BCUT2D eigenvalue weighted by Crippen LogP contribution is 2.29. The predicted molar refractivity (Wildman–Crippen MR) is 82.6 cm³/mol. The highest BCUT2D eigenvalue weighted by atomic mass is 19.1. The van der Waals surface area contributed by atoms with Gasteiger partial charge in [-0.2, -0.15) is 0 Å². The number of amides is 1. The number of carbonyl (C=O) groups is 2. The topological polar surface area (TPSA) is 37.4 Å². The third-order valence-corrected chi connectivity index (χ3v) is 3.99. The lowest BCUT2D eigenvalue weighted by Crippen LogP contribution is -2.25. The van der Waals surface area contributed by atoms with Gasteiger partial charge in [-0.3, -0.25) is 9.59 Å². The highest BCUT2D eigenvalue weighted by molar-refractivity contribution is 5.99. The van der Waals surface area contributed by atoms with Crippen molar-refractivity contribution < 1.29 is 14.0 Å². The fraction of sp³-hybridized carbons (Fsp3) is 0.222. The largest absolute Gasteiger partial charge is 0.312 e. The molecule has 0 unspecified atom stereocenters. The van der Waals surface area contributed by atoms with Crippen LogP contribution in [0.25, 0.3) is 0 Å². The van der Waals surface area contributed by atoms with E-state index in [-0.39, 0.29) is 23.9 Å². The molecule has 112 valence electrons. The van der Waals surface area contributed by atoms with Gasteiger partial charge in [-0.25, -0.2) is 4.39 Å². The molecule has 2 aromatic carbocycles. The number of ketones is 1. The smallest absolute Gasteiger partial charge is 0.223 e. The van der Waals surface area contributed by atoms with E-state index in [9.17, 15) is 14.0 Å². The Morgan fingerprint density at radius 2 is 1.95 bits per heavy atom. The molecule has 0 N–H and O–H groups in total. The zero-order valence-corrected chi connectivity index (χ0v) is 12.3. The zero-order valence-electron chi connectivity index (χ0n) is 12.3. The Morgan fingerprint density at radius 1 is 1.18 bits per heavy atom. The van der Waals surface area contributed by atoms with Crippen molar-refractivity contribution in [3.63, 3.8) is 0 Å². The number of hydrogen-bond acceptors (Lipinski definition) is 2. The molecule has 0 saturated heterocycles. The van der Waals surface area contributed by atoms with Crippen molar-refractivity contribution in [2.24, 2.45) is 0 Å². The van der Waals surface area contributed by atoms with Gasteiger partial charge in [0.1, 0.15) is 5.82 Å². The fourth-order valence-corrected chi connectivity index (χ4v) is 2.82. The first kappa shape index (κ1) is 14.4. The van der Waals surface area contributed by atoms with Gasteiger partial charge < -0.3 is 4.90 Å². The molecule has 2 aromatic rings. The maximum Gasteiger partial charge on any atom is 0.223 e. The van der Waals surface area contributed by atoms with Crippen LogP contribution in [-0.4, -0.2) is 18.2 Å². The fourth-order valence-electron chi connectivity index (χ4n) is 2.82. The minimum Gasteiger partial charge on any atom is -0.312 e. The molecule has 1 heterocycles. The maximum absolute atomic E-state index is 13.6. The number of halogens is 1. The van der Waals surface area contributed by atoms with Gasteiger partial charge in [0.25, 0.3) is 0 Å². The number of carbonyl (C=O) groups excluding carboxylic acids is 2. The average molecular weight is 297 g/mol. The number of fused-ring (bicyclic) bond motifs is 1. The first-order valence-corrected chi connectivity index (χ1v) is 7.24. The summed E-state index contributed by atoms with van der Waals surface area (Å²) in [6, 6.07) is 11.6. The van der Waals surface area contributed by atoms with E-state index < -0.39 is 0 Å². The molecular weight excluding hydrogens is 281 g/mol. The molecule has 0 aliphatic carbocycles. The lowest BCUT2D eigenvalue weighted by atomic mass is 10.00. The van der Waals surface area contributed by atoms with Crippen molar-refractivity contribution in [2.75, 3.05) is 11.4 Å². The molecule has 0 fully saturated rings. The monoisotopic (exact) mass is 297 g/mol. The summed E-state index contributed by atoms with van der Waals surface area (Å²) in [7, 11) is 0. The van der Waals surface area contributed by atoms with Gasteiger partial charge in [-0.05, 0) is 41.8 Å². The normalized spacial score (nSPS) is 13.1. The average Bonchev–Trinajstić information content (AvgIpc) is 2.92. The van der Waals surface area contributed by atoms with Crippen molar-refractivity contribution in [3.05, 3.63) is 65.0 Å². The van der Waals surface area contributed by atoms with E-state index in [0.29, 0.717) is 17.7 Å². The lowest BCUT2D eigenvalue weighted by molar-refractivity contribution is -0.116. The van der Waals surface area contributed by atoms with Gasteiger partial charge in [0, 0.05) is 31.1 Å². The molecule has 1 amide bonds. The van der Waals surface area contributed by atoms with Gasteiger partial charge in [-0.1, -0.05) is 18.2 Å². The number of hydrogen-bond donors (Lipinski definition) is 0. The Bertz CT molecular complexity index is 755. The first-order valence-electron chi connectivity index (χ1n) is 7.24. The summed E-state index contributed by atoms with van der Waals surface area (Å²) < 4.78 is 13.6. The summed E-state index contributed by atoms with van der Waals surface area (Å²) in [5, 5.41) is 0. The summed E-state index contributed by atoms with van der Waals surface area (Å²) in [6.07, 6.45) is 0.789. The second kappa shape index (κ2) is 5.72. The Kier molecular flexibility index (Phi) is 3.75. The molecule has 0 saturated carbocycles. The van der Waals surface area contributed by atoms with E-state index in [1.807, 2.05) is 6.07 Å². The van der Waals surface area contributed by atoms with Gasteiger partial charge in [0.2, 0.25) is 5.91 Å². The van der Waals surface area contributed by atoms with Gasteiger partial charge in [0.05, 0.1) is 0 Å². The van der Waals surface area contributed by atoms with E-state index in [1.54, 1.807) is 35.2 Å². The van der Waals surface area contributed by atoms with E-state index in [0.717, 1.165) is 17.7 Å². The standard InChI is InChI=1S/C18H16FNO2/c1-12(21)20-9-8-14-10-15(6-7-17(14)20)18(22)11-13-4-2-3-5-16(13)19/h2-7,10H,8-9,11H2,1H3. The Balaban J connectivity index is 1.83. The minimum absolute atomic E-state index is 0.00387. The Morgan fingerprint density at radius 3 is 2.68 bits per heavy atom. The molecule has 0 spiro atoms. The minimum atomic E-state index is -0.361. The van der Waals surface area contributed by atoms with Crippen molar-refractivity contribution in [2.45, 2.75) is 19.8 Å². The zero-order chi connectivity index (χ0) is 15.7. The number of Topliss-reactive ketones (excluding diaryl/α,β-unsaturated/α-hetero) is 1. The molecule has 1 aliphatic heterocycles. The number of rotatable bonds is 3. The summed E-state index contributed by atoms with van der Waals surface area (Å²) >= 11 is 0. The third-order valence-electron chi connectivity index (χ3n) is 3.99.